The van der Waals surface area contributed by atoms with Crippen molar-refractivity contribution in [2.24, 2.45) is 0 Å². The molecule has 0 bridgehead atoms. The van der Waals surface area contributed by atoms with Crippen molar-refractivity contribution in [3.63, 3.8) is 0 Å². The van der Waals surface area contributed by atoms with Gasteiger partial charge < -0.3 is 20.0 Å². The maximum Gasteiger partial charge on any atom is 0.222 e. The molecule has 0 radical (unpaired) electrons. The molecule has 2 amide bonds. The molecular weight excluding hydrogens is 523 g/mol. The van der Waals surface area contributed by atoms with Gasteiger partial charge in [0, 0.05) is 38.7 Å². The van der Waals surface area contributed by atoms with Crippen molar-refractivity contribution < 1.29 is 19.8 Å². The van der Waals surface area contributed by atoms with Gasteiger partial charge in [-0.15, -0.1) is 23.2 Å². The van der Waals surface area contributed by atoms with Crippen molar-refractivity contribution in [3.8, 4) is 0 Å². The first-order chi connectivity index (χ1) is 18.1. The van der Waals surface area contributed by atoms with Gasteiger partial charge in [-0.3, -0.25) is 9.59 Å². The van der Waals surface area contributed by atoms with E-state index >= 15 is 0 Å². The Bertz CT molecular complexity index is 841. The highest BCUT2D eigenvalue weighted by Crippen LogP contribution is 2.21. The lowest BCUT2D eigenvalue weighted by molar-refractivity contribution is -0.134. The summed E-state index contributed by atoms with van der Waals surface area (Å²) in [5.41, 5.74) is 1.66. The highest BCUT2D eigenvalue weighted by molar-refractivity contribution is 6.18. The zero-order valence-electron chi connectivity index (χ0n) is 23.1. The van der Waals surface area contributed by atoms with Crippen LogP contribution in [0.4, 0.5) is 0 Å². The molecule has 0 unspecified atom stereocenters. The molecule has 2 N–H and O–H groups in total. The van der Waals surface area contributed by atoms with E-state index in [1.165, 1.54) is 0 Å². The van der Waals surface area contributed by atoms with Gasteiger partial charge in [0.2, 0.25) is 11.8 Å². The molecule has 0 heterocycles. The van der Waals surface area contributed by atoms with Gasteiger partial charge in [-0.05, 0) is 50.7 Å². The first-order valence-corrected chi connectivity index (χ1v) is 14.3. The van der Waals surface area contributed by atoms with Crippen molar-refractivity contribution in [3.05, 3.63) is 71.8 Å². The van der Waals surface area contributed by atoms with Crippen molar-refractivity contribution in [1.82, 2.24) is 9.80 Å². The molecule has 2 aromatic carbocycles. The van der Waals surface area contributed by atoms with Crippen molar-refractivity contribution in [1.29, 1.82) is 0 Å². The summed E-state index contributed by atoms with van der Waals surface area (Å²) in [6.07, 6.45) is 2.91. The fraction of sp³-hybridized carbons (Fsp3) is 0.533. The minimum absolute atomic E-state index is 0.0487. The first kappa shape index (κ1) is 33.9. The third kappa shape index (κ3) is 11.7. The Balaban J connectivity index is 0.000000380. The summed E-state index contributed by atoms with van der Waals surface area (Å²) in [6.45, 7) is 3.72. The van der Waals surface area contributed by atoms with Gasteiger partial charge in [-0.1, -0.05) is 60.7 Å². The Hall–Kier alpha value is -2.12. The summed E-state index contributed by atoms with van der Waals surface area (Å²) in [6, 6.07) is 18.3. The number of carbonyl (C=O) groups is 2. The van der Waals surface area contributed by atoms with Gasteiger partial charge in [0.1, 0.15) is 0 Å². The van der Waals surface area contributed by atoms with Crippen LogP contribution in [0.25, 0.3) is 0 Å². The van der Waals surface area contributed by atoms with Gasteiger partial charge in [0.05, 0.1) is 24.3 Å². The largest absolute Gasteiger partial charge is 0.386 e. The summed E-state index contributed by atoms with van der Waals surface area (Å²) in [4.78, 5) is 27.2. The number of hydrogen-bond donors (Lipinski definition) is 2. The van der Waals surface area contributed by atoms with Crippen molar-refractivity contribution in [2.75, 3.05) is 25.9 Å². The first-order valence-electron chi connectivity index (χ1n) is 13.2. The van der Waals surface area contributed by atoms with Crippen LogP contribution in [0.3, 0.4) is 0 Å². The molecule has 0 aromatic heterocycles. The van der Waals surface area contributed by atoms with Gasteiger partial charge in [-0.25, -0.2) is 0 Å². The molecule has 8 heteroatoms. The monoisotopic (exact) mass is 566 g/mol. The van der Waals surface area contributed by atoms with E-state index in [9.17, 15) is 19.8 Å². The Labute approximate surface area is 238 Å². The number of benzene rings is 2. The molecule has 38 heavy (non-hydrogen) atoms. The van der Waals surface area contributed by atoms with Crippen LogP contribution in [0.15, 0.2) is 60.7 Å². The molecule has 2 aromatic rings. The Morgan fingerprint density at radius 2 is 0.974 bits per heavy atom. The lowest BCUT2D eigenvalue weighted by atomic mass is 10.0. The zero-order valence-corrected chi connectivity index (χ0v) is 24.6. The van der Waals surface area contributed by atoms with Gasteiger partial charge in [0.15, 0.2) is 0 Å². The molecule has 0 aliphatic heterocycles. The second-order valence-corrected chi connectivity index (χ2v) is 10.2. The van der Waals surface area contributed by atoms with Crippen LogP contribution >= 0.6 is 23.2 Å². The predicted molar refractivity (Wildman–Crippen MR) is 156 cm³/mol. The fourth-order valence-electron chi connectivity index (χ4n) is 3.83. The minimum atomic E-state index is -0.664. The number of alkyl halides is 2. The SMILES string of the molecule is C[C@@H]([C@@H](O)c1ccccc1)N(C)C(=O)CCCCCl.C[C@H]([C@H](O)c1ccccc1)N(C)C(=O)CCCCCl. The fourth-order valence-corrected chi connectivity index (χ4v) is 4.21. The van der Waals surface area contributed by atoms with Crippen LogP contribution in [-0.4, -0.2) is 69.8 Å². The number of aliphatic hydroxyl groups excluding tert-OH is 2. The lowest BCUT2D eigenvalue weighted by Crippen LogP contribution is -2.38. The standard InChI is InChI=1S/2C15H22ClNO2/c2*1-12(15(19)13-8-4-3-5-9-13)17(2)14(18)10-6-7-11-16/h2*3-5,8-9,12,15,19H,6-7,10-11H2,1-2H3/t2*12-,15+/m10/s1. The van der Waals surface area contributed by atoms with Gasteiger partial charge in [0.25, 0.3) is 0 Å². The van der Waals surface area contributed by atoms with Crippen LogP contribution in [-0.2, 0) is 9.59 Å². The second kappa shape index (κ2) is 19.0. The Morgan fingerprint density at radius 3 is 1.26 bits per heavy atom. The number of aliphatic hydroxyl groups is 2. The molecule has 0 aliphatic carbocycles. The van der Waals surface area contributed by atoms with Crippen molar-refractivity contribution >= 4 is 35.0 Å². The molecular formula is C30H44Cl2N2O4. The number of hydrogen-bond acceptors (Lipinski definition) is 4. The van der Waals surface area contributed by atoms with E-state index in [0.717, 1.165) is 36.8 Å². The van der Waals surface area contributed by atoms with Crippen LogP contribution in [0.1, 0.15) is 75.7 Å². The van der Waals surface area contributed by atoms with Crippen LogP contribution in [0, 0.1) is 0 Å². The van der Waals surface area contributed by atoms with Crippen LogP contribution < -0.4 is 0 Å². The molecule has 0 aliphatic rings. The smallest absolute Gasteiger partial charge is 0.222 e. The van der Waals surface area contributed by atoms with Gasteiger partial charge >= 0.3 is 0 Å². The maximum atomic E-state index is 12.0. The predicted octanol–water partition coefficient (Wildman–Crippen LogP) is 5.95. The van der Waals surface area contributed by atoms with E-state index in [1.807, 2.05) is 74.5 Å². The number of halogens is 2. The number of amides is 2. The third-order valence-corrected chi connectivity index (χ3v) is 7.29. The molecule has 0 spiro atoms. The molecule has 0 saturated heterocycles. The van der Waals surface area contributed by atoms with E-state index < -0.39 is 12.2 Å². The van der Waals surface area contributed by atoms with E-state index in [-0.39, 0.29) is 23.9 Å². The van der Waals surface area contributed by atoms with Crippen LogP contribution in [0.5, 0.6) is 0 Å². The van der Waals surface area contributed by atoms with E-state index in [1.54, 1.807) is 23.9 Å². The normalized spacial score (nSPS) is 13.9. The number of rotatable bonds is 14. The highest BCUT2D eigenvalue weighted by Gasteiger charge is 2.24. The minimum Gasteiger partial charge on any atom is -0.386 e. The van der Waals surface area contributed by atoms with Crippen LogP contribution in [0.2, 0.25) is 0 Å². The molecule has 4 atom stereocenters. The summed E-state index contributed by atoms with van der Waals surface area (Å²) in [5, 5.41) is 20.5. The number of carbonyl (C=O) groups excluding carboxylic acids is 2. The molecule has 0 fully saturated rings. The number of likely N-dealkylation sites (N-methyl/N-ethyl adjacent to an activating group) is 2. The topological polar surface area (TPSA) is 81.1 Å². The van der Waals surface area contributed by atoms with E-state index in [0.29, 0.717) is 24.6 Å². The molecule has 0 saturated carbocycles. The average molecular weight is 568 g/mol. The lowest BCUT2D eigenvalue weighted by Gasteiger charge is -2.29. The summed E-state index contributed by atoms with van der Waals surface area (Å²) in [7, 11) is 3.47. The number of nitrogens with zero attached hydrogens (tertiary/aromatic N) is 2. The molecule has 6 nitrogen and oxygen atoms in total. The van der Waals surface area contributed by atoms with E-state index in [2.05, 4.69) is 0 Å². The average Bonchev–Trinajstić information content (AvgIpc) is 2.96. The highest BCUT2D eigenvalue weighted by atomic mass is 35.5. The number of unbranched alkanes of at least 4 members (excludes halogenated alkanes) is 2. The maximum absolute atomic E-state index is 12.0. The Kier molecular flexibility index (Phi) is 17.0. The van der Waals surface area contributed by atoms with E-state index in [4.69, 9.17) is 23.2 Å². The molecule has 2 rings (SSSR count). The zero-order chi connectivity index (χ0) is 28.5. The van der Waals surface area contributed by atoms with Crippen molar-refractivity contribution in [2.45, 2.75) is 76.7 Å². The van der Waals surface area contributed by atoms with Gasteiger partial charge in [-0.2, -0.15) is 0 Å². The third-order valence-electron chi connectivity index (χ3n) is 6.75. The summed E-state index contributed by atoms with van der Waals surface area (Å²) >= 11 is 11.2. The summed E-state index contributed by atoms with van der Waals surface area (Å²) < 4.78 is 0. The molecule has 212 valence electrons. The summed E-state index contributed by atoms with van der Waals surface area (Å²) in [5.74, 6) is 1.26. The quantitative estimate of drug-likeness (QED) is 0.218. The Morgan fingerprint density at radius 1 is 0.658 bits per heavy atom. The second-order valence-electron chi connectivity index (χ2n) is 9.49.